The van der Waals surface area contributed by atoms with Gasteiger partial charge >= 0.3 is 0 Å². The lowest BCUT2D eigenvalue weighted by Crippen LogP contribution is -2.37. The van der Waals surface area contributed by atoms with Crippen molar-refractivity contribution in [1.82, 2.24) is 14.7 Å². The Labute approximate surface area is 109 Å². The fourth-order valence-corrected chi connectivity index (χ4v) is 2.46. The van der Waals surface area contributed by atoms with Gasteiger partial charge in [0, 0.05) is 11.6 Å². The van der Waals surface area contributed by atoms with E-state index in [1.54, 1.807) is 0 Å². The van der Waals surface area contributed by atoms with E-state index in [1.807, 2.05) is 11.6 Å². The highest BCUT2D eigenvalue weighted by atomic mass is 16.3. The SMILES string of the molecule is Cc1nn(CCO)c(NC2CCN(C)CC2)c1C. The van der Waals surface area contributed by atoms with Crippen molar-refractivity contribution in [2.24, 2.45) is 0 Å². The summed E-state index contributed by atoms with van der Waals surface area (Å²) in [4.78, 5) is 2.36. The third-order valence-corrected chi connectivity index (χ3v) is 3.80. The lowest BCUT2D eigenvalue weighted by Gasteiger charge is -2.30. The first-order valence-electron chi connectivity index (χ1n) is 6.71. The first kappa shape index (κ1) is 13.4. The average molecular weight is 252 g/mol. The topological polar surface area (TPSA) is 53.3 Å². The summed E-state index contributed by atoms with van der Waals surface area (Å²) in [6, 6.07) is 0.522. The molecule has 102 valence electrons. The van der Waals surface area contributed by atoms with Gasteiger partial charge in [-0.3, -0.25) is 0 Å². The van der Waals surface area contributed by atoms with Crippen LogP contribution in [0, 0.1) is 13.8 Å². The van der Waals surface area contributed by atoms with E-state index in [0.29, 0.717) is 12.6 Å². The lowest BCUT2D eigenvalue weighted by molar-refractivity contribution is 0.260. The van der Waals surface area contributed by atoms with Crippen LogP contribution in [-0.4, -0.2) is 52.6 Å². The summed E-state index contributed by atoms with van der Waals surface area (Å²) in [6.07, 6.45) is 2.33. The highest BCUT2D eigenvalue weighted by Gasteiger charge is 2.19. The van der Waals surface area contributed by atoms with E-state index in [4.69, 9.17) is 5.11 Å². The average Bonchev–Trinajstić information content (AvgIpc) is 2.60. The van der Waals surface area contributed by atoms with E-state index < -0.39 is 0 Å². The Morgan fingerprint density at radius 3 is 2.61 bits per heavy atom. The second kappa shape index (κ2) is 5.71. The second-order valence-corrected chi connectivity index (χ2v) is 5.23. The van der Waals surface area contributed by atoms with Gasteiger partial charge in [0.25, 0.3) is 0 Å². The summed E-state index contributed by atoms with van der Waals surface area (Å²) in [7, 11) is 2.17. The number of nitrogens with zero attached hydrogens (tertiary/aromatic N) is 3. The number of aromatic nitrogens is 2. The molecule has 18 heavy (non-hydrogen) atoms. The molecule has 0 saturated carbocycles. The van der Waals surface area contributed by atoms with Crippen molar-refractivity contribution in [2.75, 3.05) is 32.1 Å². The van der Waals surface area contributed by atoms with Crippen LogP contribution in [0.15, 0.2) is 0 Å². The van der Waals surface area contributed by atoms with Gasteiger partial charge in [0.05, 0.1) is 18.8 Å². The molecular weight excluding hydrogens is 228 g/mol. The zero-order valence-electron chi connectivity index (χ0n) is 11.6. The van der Waals surface area contributed by atoms with Crippen molar-refractivity contribution in [3.63, 3.8) is 0 Å². The number of piperidine rings is 1. The summed E-state index contributed by atoms with van der Waals surface area (Å²) in [5, 5.41) is 17.2. The third-order valence-electron chi connectivity index (χ3n) is 3.80. The molecule has 0 amide bonds. The van der Waals surface area contributed by atoms with Crippen LogP contribution in [0.3, 0.4) is 0 Å². The van der Waals surface area contributed by atoms with Gasteiger partial charge in [-0.1, -0.05) is 0 Å². The number of aliphatic hydroxyl groups is 1. The molecule has 5 nitrogen and oxygen atoms in total. The van der Waals surface area contributed by atoms with Crippen LogP contribution in [0.5, 0.6) is 0 Å². The van der Waals surface area contributed by atoms with Gasteiger partial charge < -0.3 is 15.3 Å². The van der Waals surface area contributed by atoms with Crippen LogP contribution in [-0.2, 0) is 6.54 Å². The van der Waals surface area contributed by atoms with Gasteiger partial charge in [-0.25, -0.2) is 4.68 Å². The quantitative estimate of drug-likeness (QED) is 0.839. The Balaban J connectivity index is 2.07. The van der Waals surface area contributed by atoms with Crippen LogP contribution in [0.2, 0.25) is 0 Å². The summed E-state index contributed by atoms with van der Waals surface area (Å²) in [6.45, 7) is 7.08. The van der Waals surface area contributed by atoms with Crippen molar-refractivity contribution in [1.29, 1.82) is 0 Å². The normalized spacial score (nSPS) is 18.2. The molecule has 2 rings (SSSR count). The van der Waals surface area contributed by atoms with E-state index in [0.717, 1.165) is 24.6 Å². The van der Waals surface area contributed by atoms with Crippen LogP contribution < -0.4 is 5.32 Å². The number of aliphatic hydroxyl groups excluding tert-OH is 1. The van der Waals surface area contributed by atoms with Crippen molar-refractivity contribution in [3.05, 3.63) is 11.3 Å². The minimum Gasteiger partial charge on any atom is -0.394 e. The van der Waals surface area contributed by atoms with Crippen LogP contribution in [0.4, 0.5) is 5.82 Å². The first-order chi connectivity index (χ1) is 8.61. The molecule has 0 aromatic carbocycles. The van der Waals surface area contributed by atoms with E-state index in [-0.39, 0.29) is 6.61 Å². The van der Waals surface area contributed by atoms with Gasteiger partial charge in [-0.15, -0.1) is 0 Å². The molecule has 2 heterocycles. The van der Waals surface area contributed by atoms with Gasteiger partial charge in [0.15, 0.2) is 0 Å². The number of likely N-dealkylation sites (tertiary alicyclic amines) is 1. The van der Waals surface area contributed by atoms with Crippen molar-refractivity contribution in [3.8, 4) is 0 Å². The molecule has 1 aliphatic rings. The predicted octanol–water partition coefficient (Wildman–Crippen LogP) is 0.998. The molecular formula is C13H24N4O. The lowest BCUT2D eigenvalue weighted by atomic mass is 10.1. The number of aryl methyl sites for hydroxylation is 1. The van der Waals surface area contributed by atoms with Gasteiger partial charge in [-0.05, 0) is 46.8 Å². The van der Waals surface area contributed by atoms with E-state index in [9.17, 15) is 0 Å². The fraction of sp³-hybridized carbons (Fsp3) is 0.769. The smallest absolute Gasteiger partial charge is 0.127 e. The maximum atomic E-state index is 9.09. The zero-order chi connectivity index (χ0) is 13.1. The van der Waals surface area contributed by atoms with Crippen LogP contribution in [0.1, 0.15) is 24.1 Å². The largest absolute Gasteiger partial charge is 0.394 e. The molecule has 0 unspecified atom stereocenters. The summed E-state index contributed by atoms with van der Waals surface area (Å²) in [5.74, 6) is 1.08. The van der Waals surface area contributed by atoms with E-state index >= 15 is 0 Å². The summed E-state index contributed by atoms with van der Waals surface area (Å²) < 4.78 is 1.89. The summed E-state index contributed by atoms with van der Waals surface area (Å²) >= 11 is 0. The molecule has 1 aliphatic heterocycles. The monoisotopic (exact) mass is 252 g/mol. The number of rotatable bonds is 4. The van der Waals surface area contributed by atoms with Crippen molar-refractivity contribution >= 4 is 5.82 Å². The minimum absolute atomic E-state index is 0.128. The molecule has 1 saturated heterocycles. The molecule has 0 aliphatic carbocycles. The molecule has 0 radical (unpaired) electrons. The maximum Gasteiger partial charge on any atom is 0.127 e. The van der Waals surface area contributed by atoms with E-state index in [2.05, 4.69) is 29.3 Å². The Morgan fingerprint density at radius 2 is 2.00 bits per heavy atom. The molecule has 1 fully saturated rings. The minimum atomic E-state index is 0.128. The highest BCUT2D eigenvalue weighted by molar-refractivity contribution is 5.47. The van der Waals surface area contributed by atoms with Crippen LogP contribution in [0.25, 0.3) is 0 Å². The van der Waals surface area contributed by atoms with Gasteiger partial charge in [0.1, 0.15) is 5.82 Å². The summed E-state index contributed by atoms with van der Waals surface area (Å²) in [5.41, 5.74) is 2.24. The molecule has 0 bridgehead atoms. The zero-order valence-corrected chi connectivity index (χ0v) is 11.6. The maximum absolute atomic E-state index is 9.09. The molecule has 0 spiro atoms. The van der Waals surface area contributed by atoms with Gasteiger partial charge in [-0.2, -0.15) is 5.10 Å². The second-order valence-electron chi connectivity index (χ2n) is 5.23. The Hall–Kier alpha value is -1.07. The molecule has 0 atom stereocenters. The predicted molar refractivity (Wildman–Crippen MR) is 72.9 cm³/mol. The highest BCUT2D eigenvalue weighted by Crippen LogP contribution is 2.22. The number of hydrogen-bond donors (Lipinski definition) is 2. The van der Waals surface area contributed by atoms with Crippen molar-refractivity contribution in [2.45, 2.75) is 39.3 Å². The number of nitrogens with one attached hydrogen (secondary N) is 1. The van der Waals surface area contributed by atoms with E-state index in [1.165, 1.54) is 18.4 Å². The molecule has 1 aromatic rings. The number of anilines is 1. The fourth-order valence-electron chi connectivity index (χ4n) is 2.46. The standard InChI is InChI=1S/C13H24N4O/c1-10-11(2)15-17(8-9-18)13(10)14-12-4-6-16(3)7-5-12/h12,14,18H,4-9H2,1-3H3. The molecule has 1 aromatic heterocycles. The van der Waals surface area contributed by atoms with Gasteiger partial charge in [0.2, 0.25) is 0 Å². The number of hydrogen-bond acceptors (Lipinski definition) is 4. The Kier molecular flexibility index (Phi) is 4.24. The third kappa shape index (κ3) is 2.84. The first-order valence-corrected chi connectivity index (χ1v) is 6.71. The van der Waals surface area contributed by atoms with Crippen molar-refractivity contribution < 1.29 is 5.11 Å². The van der Waals surface area contributed by atoms with Crippen LogP contribution >= 0.6 is 0 Å². The Bertz CT molecular complexity index is 394. The molecule has 2 N–H and O–H groups in total. The Morgan fingerprint density at radius 1 is 1.33 bits per heavy atom. The molecule has 5 heteroatoms.